The van der Waals surface area contributed by atoms with Crippen LogP contribution in [0.1, 0.15) is 27.2 Å². The molecule has 0 aliphatic carbocycles. The van der Waals surface area contributed by atoms with Crippen LogP contribution >= 0.6 is 0 Å². The van der Waals surface area contributed by atoms with Crippen LogP contribution in [0, 0.1) is 0 Å². The Morgan fingerprint density at radius 1 is 1.40 bits per heavy atom. The Balaban J connectivity index is 4.41. The minimum atomic E-state index is -2.43. The molecule has 0 radical (unpaired) electrons. The zero-order chi connectivity index (χ0) is 11.7. The highest BCUT2D eigenvalue weighted by Gasteiger charge is 2.03. The largest absolute Gasteiger partial charge is 0.488 e. The van der Waals surface area contributed by atoms with E-state index in [1.807, 2.05) is 32.9 Å². The van der Waals surface area contributed by atoms with Crippen LogP contribution in [0.25, 0.3) is 0 Å². The van der Waals surface area contributed by atoms with Crippen molar-refractivity contribution in [2.24, 2.45) is 0 Å². The van der Waals surface area contributed by atoms with Crippen LogP contribution < -0.4 is 0 Å². The normalized spacial score (nSPS) is 14.0. The lowest BCUT2D eigenvalue weighted by Gasteiger charge is -2.06. The lowest BCUT2D eigenvalue weighted by atomic mass is 10.2. The standard InChI is InChI=1S/C12H18F2O/c1-4-6-10(3)8-11(7-5-2)15-9-12(13)14/h4,6-8,12H,5,9H2,1-3H3/b6-4-,10-8-,11-7-. The second-order valence-electron chi connectivity index (χ2n) is 3.11. The quantitative estimate of drug-likeness (QED) is 0.480. The van der Waals surface area contributed by atoms with Crippen molar-refractivity contribution in [2.75, 3.05) is 6.61 Å². The van der Waals surface area contributed by atoms with Gasteiger partial charge in [0, 0.05) is 0 Å². The molecule has 0 spiro atoms. The molecule has 0 bridgehead atoms. The minimum absolute atomic E-state index is 0.508. The predicted octanol–water partition coefficient (Wildman–Crippen LogP) is 4.08. The number of hydrogen-bond acceptors (Lipinski definition) is 1. The third-order valence-electron chi connectivity index (χ3n) is 1.58. The molecule has 0 amide bonds. The molecule has 0 aliphatic heterocycles. The van der Waals surface area contributed by atoms with Crippen LogP contribution in [-0.4, -0.2) is 13.0 Å². The molecule has 0 aromatic heterocycles. The van der Waals surface area contributed by atoms with Crippen molar-refractivity contribution >= 4 is 0 Å². The maximum atomic E-state index is 11.9. The molecule has 0 atom stereocenters. The molecule has 0 unspecified atom stereocenters. The van der Waals surface area contributed by atoms with Crippen LogP contribution in [0.3, 0.4) is 0 Å². The van der Waals surface area contributed by atoms with Gasteiger partial charge in [0.1, 0.15) is 12.4 Å². The number of ether oxygens (including phenoxy) is 1. The van der Waals surface area contributed by atoms with Gasteiger partial charge in [-0.2, -0.15) is 0 Å². The Bertz CT molecular complexity index is 252. The van der Waals surface area contributed by atoms with Gasteiger partial charge in [-0.3, -0.25) is 0 Å². The topological polar surface area (TPSA) is 9.23 Å². The van der Waals surface area contributed by atoms with Crippen molar-refractivity contribution in [3.8, 4) is 0 Å². The molecule has 15 heavy (non-hydrogen) atoms. The molecule has 0 rings (SSSR count). The molecule has 0 heterocycles. The molecule has 0 aliphatic rings. The Labute approximate surface area is 90.1 Å². The number of hydrogen-bond donors (Lipinski definition) is 0. The van der Waals surface area contributed by atoms with Gasteiger partial charge in [-0.25, -0.2) is 8.78 Å². The summed E-state index contributed by atoms with van der Waals surface area (Å²) in [5.74, 6) is 0.508. The van der Waals surface area contributed by atoms with E-state index in [4.69, 9.17) is 4.74 Å². The van der Waals surface area contributed by atoms with Crippen molar-refractivity contribution < 1.29 is 13.5 Å². The Morgan fingerprint density at radius 3 is 2.53 bits per heavy atom. The van der Waals surface area contributed by atoms with E-state index in [0.717, 1.165) is 12.0 Å². The van der Waals surface area contributed by atoms with Crippen LogP contribution in [0.5, 0.6) is 0 Å². The summed E-state index contributed by atoms with van der Waals surface area (Å²) in [4.78, 5) is 0. The van der Waals surface area contributed by atoms with Crippen molar-refractivity contribution in [3.05, 3.63) is 35.6 Å². The van der Waals surface area contributed by atoms with E-state index >= 15 is 0 Å². The van der Waals surface area contributed by atoms with Gasteiger partial charge in [-0.1, -0.05) is 19.1 Å². The number of halogens is 2. The number of rotatable bonds is 6. The first-order valence-corrected chi connectivity index (χ1v) is 5.02. The maximum absolute atomic E-state index is 11.9. The van der Waals surface area contributed by atoms with Gasteiger partial charge in [0.2, 0.25) is 0 Å². The zero-order valence-electron chi connectivity index (χ0n) is 9.47. The van der Waals surface area contributed by atoms with Gasteiger partial charge in [0.25, 0.3) is 6.43 Å². The number of alkyl halides is 2. The van der Waals surface area contributed by atoms with Crippen LogP contribution in [0.15, 0.2) is 35.6 Å². The molecule has 1 nitrogen and oxygen atoms in total. The maximum Gasteiger partial charge on any atom is 0.272 e. The SMILES string of the molecule is C\C=C/C(C)=C\C(=C\CC)OCC(F)F. The summed E-state index contributed by atoms with van der Waals surface area (Å²) in [5, 5.41) is 0. The molecule has 0 saturated heterocycles. The van der Waals surface area contributed by atoms with E-state index in [0.29, 0.717) is 5.76 Å². The zero-order valence-corrected chi connectivity index (χ0v) is 9.47. The van der Waals surface area contributed by atoms with Crippen molar-refractivity contribution in [1.82, 2.24) is 0 Å². The molecule has 0 fully saturated rings. The summed E-state index contributed by atoms with van der Waals surface area (Å²) in [6, 6.07) is 0. The van der Waals surface area contributed by atoms with Crippen molar-refractivity contribution in [3.63, 3.8) is 0 Å². The molecule has 0 N–H and O–H groups in total. The summed E-state index contributed by atoms with van der Waals surface area (Å²) < 4.78 is 28.8. The van der Waals surface area contributed by atoms with Gasteiger partial charge in [-0.15, -0.1) is 0 Å². The molecule has 3 heteroatoms. The van der Waals surface area contributed by atoms with Gasteiger partial charge < -0.3 is 4.74 Å². The minimum Gasteiger partial charge on any atom is -0.488 e. The first-order valence-electron chi connectivity index (χ1n) is 5.02. The fourth-order valence-corrected chi connectivity index (χ4v) is 1.06. The lowest BCUT2D eigenvalue weighted by Crippen LogP contribution is -2.03. The number of allylic oxidation sites excluding steroid dienone is 5. The fourth-order valence-electron chi connectivity index (χ4n) is 1.06. The van der Waals surface area contributed by atoms with Crippen molar-refractivity contribution in [1.29, 1.82) is 0 Å². The fraction of sp³-hybridized carbons (Fsp3) is 0.500. The van der Waals surface area contributed by atoms with Crippen molar-refractivity contribution in [2.45, 2.75) is 33.6 Å². The summed E-state index contributed by atoms with van der Waals surface area (Å²) in [7, 11) is 0. The highest BCUT2D eigenvalue weighted by molar-refractivity contribution is 5.25. The van der Waals surface area contributed by atoms with Crippen LogP contribution in [-0.2, 0) is 4.74 Å². The van der Waals surface area contributed by atoms with E-state index in [-0.39, 0.29) is 0 Å². The van der Waals surface area contributed by atoms with E-state index < -0.39 is 13.0 Å². The monoisotopic (exact) mass is 216 g/mol. The van der Waals surface area contributed by atoms with E-state index in [9.17, 15) is 8.78 Å². The van der Waals surface area contributed by atoms with Gasteiger partial charge >= 0.3 is 0 Å². The average molecular weight is 216 g/mol. The summed E-state index contributed by atoms with van der Waals surface area (Å²) in [5.41, 5.74) is 0.978. The smallest absolute Gasteiger partial charge is 0.272 e. The summed E-state index contributed by atoms with van der Waals surface area (Å²) in [6.07, 6.45) is 5.66. The molecule has 86 valence electrons. The highest BCUT2D eigenvalue weighted by atomic mass is 19.3. The highest BCUT2D eigenvalue weighted by Crippen LogP contribution is 2.08. The van der Waals surface area contributed by atoms with Gasteiger partial charge in [0.15, 0.2) is 0 Å². The first-order chi connectivity index (χ1) is 7.10. The molecule has 0 aromatic carbocycles. The summed E-state index contributed by atoms with van der Waals surface area (Å²) >= 11 is 0. The van der Waals surface area contributed by atoms with Crippen LogP contribution in [0.2, 0.25) is 0 Å². The van der Waals surface area contributed by atoms with E-state index in [1.165, 1.54) is 0 Å². The van der Waals surface area contributed by atoms with Crippen LogP contribution in [0.4, 0.5) is 8.78 Å². The van der Waals surface area contributed by atoms with Gasteiger partial charge in [-0.05, 0) is 38.0 Å². The first kappa shape index (κ1) is 13.9. The third kappa shape index (κ3) is 7.91. The predicted molar refractivity (Wildman–Crippen MR) is 58.9 cm³/mol. The molecule has 0 saturated carbocycles. The lowest BCUT2D eigenvalue weighted by molar-refractivity contribution is 0.0522. The molecular formula is C12H18F2O. The Hall–Kier alpha value is -1.12. The second-order valence-corrected chi connectivity index (χ2v) is 3.11. The third-order valence-corrected chi connectivity index (χ3v) is 1.58. The Morgan fingerprint density at radius 2 is 2.07 bits per heavy atom. The van der Waals surface area contributed by atoms with E-state index in [1.54, 1.807) is 12.2 Å². The Kier molecular flexibility index (Phi) is 7.60. The molecule has 0 aromatic rings. The summed E-state index contributed by atoms with van der Waals surface area (Å²) in [6.45, 7) is 5.19. The molecular weight excluding hydrogens is 198 g/mol. The average Bonchev–Trinajstić information content (AvgIpc) is 2.15. The van der Waals surface area contributed by atoms with Gasteiger partial charge in [0.05, 0.1) is 0 Å². The second kappa shape index (κ2) is 8.21. The van der Waals surface area contributed by atoms with E-state index in [2.05, 4.69) is 0 Å².